The van der Waals surface area contributed by atoms with Crippen molar-refractivity contribution in [2.24, 2.45) is 4.99 Å². The summed E-state index contributed by atoms with van der Waals surface area (Å²) in [5.41, 5.74) is 1.83. The second-order valence-electron chi connectivity index (χ2n) is 8.88. The number of aliphatic imine (C=N–C) groups is 1. The summed E-state index contributed by atoms with van der Waals surface area (Å²) in [7, 11) is 1.74. The summed E-state index contributed by atoms with van der Waals surface area (Å²) < 4.78 is 11.7. The average Bonchev–Trinajstić information content (AvgIpc) is 3.56. The lowest BCUT2D eigenvalue weighted by atomic mass is 10.1. The highest BCUT2D eigenvalue weighted by molar-refractivity contribution is 14.0. The first-order chi connectivity index (χ1) is 15.3. The van der Waals surface area contributed by atoms with Crippen LogP contribution in [0.3, 0.4) is 0 Å². The highest BCUT2D eigenvalue weighted by Crippen LogP contribution is 2.23. The first kappa shape index (κ1) is 26.8. The van der Waals surface area contributed by atoms with Gasteiger partial charge in [-0.1, -0.05) is 30.3 Å². The van der Waals surface area contributed by atoms with Gasteiger partial charge in [0.1, 0.15) is 17.1 Å². The highest BCUT2D eigenvalue weighted by atomic mass is 127. The van der Waals surface area contributed by atoms with Crippen molar-refractivity contribution < 1.29 is 14.3 Å². The number of hydrogen-bond donors (Lipinski definition) is 3. The molecule has 3 N–H and O–H groups in total. The molecule has 0 radical (unpaired) electrons. The lowest BCUT2D eigenvalue weighted by molar-refractivity contribution is -0.123. The Balaban J connectivity index is 0.00000385. The number of halogens is 1. The van der Waals surface area contributed by atoms with Gasteiger partial charge in [-0.25, -0.2) is 0 Å². The largest absolute Gasteiger partial charge is 0.488 e. The maximum atomic E-state index is 11.8. The zero-order valence-electron chi connectivity index (χ0n) is 19.8. The van der Waals surface area contributed by atoms with E-state index < -0.39 is 0 Å². The number of benzene rings is 2. The molecule has 0 atom stereocenters. The molecule has 33 heavy (non-hydrogen) atoms. The van der Waals surface area contributed by atoms with Crippen LogP contribution in [0.5, 0.6) is 11.5 Å². The number of guanidine groups is 1. The molecule has 8 heteroatoms. The Morgan fingerprint density at radius 2 is 1.79 bits per heavy atom. The second kappa shape index (κ2) is 12.7. The van der Waals surface area contributed by atoms with Gasteiger partial charge in [0.25, 0.3) is 5.91 Å². The number of hydrogen-bond acceptors (Lipinski definition) is 4. The Morgan fingerprint density at radius 1 is 1.06 bits per heavy atom. The fourth-order valence-electron chi connectivity index (χ4n) is 3.06. The predicted octanol–water partition coefficient (Wildman–Crippen LogP) is 4.00. The molecule has 0 spiro atoms. The summed E-state index contributed by atoms with van der Waals surface area (Å²) in [6.07, 6.45) is 2.13. The van der Waals surface area contributed by atoms with E-state index in [2.05, 4.69) is 20.9 Å². The van der Waals surface area contributed by atoms with Crippen LogP contribution in [-0.2, 0) is 17.9 Å². The fourth-order valence-corrected chi connectivity index (χ4v) is 3.06. The first-order valence-electron chi connectivity index (χ1n) is 11.0. The molecule has 1 saturated carbocycles. The van der Waals surface area contributed by atoms with E-state index in [4.69, 9.17) is 9.47 Å². The predicted molar refractivity (Wildman–Crippen MR) is 142 cm³/mol. The molecule has 0 saturated heterocycles. The van der Waals surface area contributed by atoms with E-state index in [9.17, 15) is 4.79 Å². The molecule has 2 aromatic rings. The Bertz CT molecular complexity index is 939. The molecule has 1 aliphatic carbocycles. The molecule has 0 unspecified atom stereocenters. The highest BCUT2D eigenvalue weighted by Gasteiger charge is 2.23. The summed E-state index contributed by atoms with van der Waals surface area (Å²) in [4.78, 5) is 16.1. The number of rotatable bonds is 9. The molecule has 3 rings (SSSR count). The van der Waals surface area contributed by atoms with E-state index in [0.29, 0.717) is 30.8 Å². The number of amides is 1. The van der Waals surface area contributed by atoms with Crippen LogP contribution in [-0.4, -0.2) is 37.2 Å². The maximum absolute atomic E-state index is 11.8. The van der Waals surface area contributed by atoms with Crippen LogP contribution in [0.25, 0.3) is 0 Å². The zero-order valence-corrected chi connectivity index (χ0v) is 22.1. The van der Waals surface area contributed by atoms with E-state index >= 15 is 0 Å². The number of ether oxygens (including phenoxy) is 2. The third-order valence-corrected chi connectivity index (χ3v) is 4.73. The van der Waals surface area contributed by atoms with Gasteiger partial charge in [0.05, 0.1) is 0 Å². The average molecular weight is 566 g/mol. The van der Waals surface area contributed by atoms with Crippen molar-refractivity contribution in [2.75, 3.05) is 13.7 Å². The molecule has 0 aromatic heterocycles. The van der Waals surface area contributed by atoms with Gasteiger partial charge in [0.2, 0.25) is 0 Å². The molecule has 0 aliphatic heterocycles. The molecular formula is C25H35IN4O3. The number of carbonyl (C=O) groups is 1. The van der Waals surface area contributed by atoms with Gasteiger partial charge in [-0.05, 0) is 57.4 Å². The van der Waals surface area contributed by atoms with Crippen LogP contribution in [0, 0.1) is 0 Å². The van der Waals surface area contributed by atoms with Gasteiger partial charge in [-0.3, -0.25) is 9.79 Å². The summed E-state index contributed by atoms with van der Waals surface area (Å²) in [6, 6.07) is 16.0. The van der Waals surface area contributed by atoms with Crippen LogP contribution >= 0.6 is 24.0 Å². The minimum Gasteiger partial charge on any atom is -0.488 e. The molecule has 1 amide bonds. The zero-order chi connectivity index (χ0) is 23.0. The third kappa shape index (κ3) is 9.89. The topological polar surface area (TPSA) is 84.0 Å². The fraction of sp³-hybridized carbons (Fsp3) is 0.440. The maximum Gasteiger partial charge on any atom is 0.258 e. The van der Waals surface area contributed by atoms with Crippen molar-refractivity contribution in [1.82, 2.24) is 16.0 Å². The minimum atomic E-state index is -0.262. The van der Waals surface area contributed by atoms with Gasteiger partial charge in [0.15, 0.2) is 12.6 Å². The molecule has 1 fully saturated rings. The van der Waals surface area contributed by atoms with Crippen molar-refractivity contribution in [3.05, 3.63) is 59.7 Å². The molecule has 180 valence electrons. The van der Waals surface area contributed by atoms with E-state index in [1.54, 1.807) is 7.05 Å². The van der Waals surface area contributed by atoms with Crippen molar-refractivity contribution in [3.8, 4) is 11.5 Å². The molecule has 2 aromatic carbocycles. The molecule has 1 aliphatic rings. The van der Waals surface area contributed by atoms with Crippen LogP contribution in [0.2, 0.25) is 0 Å². The number of para-hydroxylation sites is 1. The molecule has 0 heterocycles. The Hall–Kier alpha value is -2.49. The van der Waals surface area contributed by atoms with Crippen molar-refractivity contribution in [2.45, 2.75) is 58.3 Å². The van der Waals surface area contributed by atoms with Gasteiger partial charge in [-0.2, -0.15) is 0 Å². The third-order valence-electron chi connectivity index (χ3n) is 4.73. The van der Waals surface area contributed by atoms with Gasteiger partial charge in [-0.15, -0.1) is 24.0 Å². The minimum absolute atomic E-state index is 0. The lowest BCUT2D eigenvalue weighted by Crippen LogP contribution is -2.36. The van der Waals surface area contributed by atoms with E-state index in [1.807, 2.05) is 69.3 Å². The standard InChI is InChI=1S/C25H34N4O3.HI/c1-25(2,3)32-22-11-6-5-9-19(22)16-28-24(26-4)27-15-18-8-7-10-21(14-18)31-17-23(30)29-20-12-13-20;/h5-11,14,20H,12-13,15-17H2,1-4H3,(H,29,30)(H2,26,27,28);1H. The van der Waals surface area contributed by atoms with E-state index in [1.165, 1.54) is 0 Å². The van der Waals surface area contributed by atoms with Crippen molar-refractivity contribution >= 4 is 35.8 Å². The Kier molecular flexibility index (Phi) is 10.3. The number of nitrogens with zero attached hydrogens (tertiary/aromatic N) is 1. The summed E-state index contributed by atoms with van der Waals surface area (Å²) in [5, 5.41) is 9.57. The summed E-state index contributed by atoms with van der Waals surface area (Å²) in [5.74, 6) is 2.15. The van der Waals surface area contributed by atoms with Crippen LogP contribution < -0.4 is 25.4 Å². The first-order valence-corrected chi connectivity index (χ1v) is 11.0. The Morgan fingerprint density at radius 3 is 2.48 bits per heavy atom. The molecule has 7 nitrogen and oxygen atoms in total. The van der Waals surface area contributed by atoms with Gasteiger partial charge < -0.3 is 25.4 Å². The quantitative estimate of drug-likeness (QED) is 0.243. The van der Waals surface area contributed by atoms with Crippen LogP contribution in [0.4, 0.5) is 0 Å². The van der Waals surface area contributed by atoms with Crippen molar-refractivity contribution in [1.29, 1.82) is 0 Å². The van der Waals surface area contributed by atoms with Gasteiger partial charge >= 0.3 is 0 Å². The molecule has 0 bridgehead atoms. The van der Waals surface area contributed by atoms with E-state index in [-0.39, 0.29) is 42.1 Å². The smallest absolute Gasteiger partial charge is 0.258 e. The van der Waals surface area contributed by atoms with Crippen molar-refractivity contribution in [3.63, 3.8) is 0 Å². The SMILES string of the molecule is CN=C(NCc1cccc(OCC(=O)NC2CC2)c1)NCc1ccccc1OC(C)(C)C.I. The second-order valence-corrected chi connectivity index (χ2v) is 8.88. The normalized spacial score (nSPS) is 13.5. The number of nitrogens with one attached hydrogen (secondary N) is 3. The number of carbonyl (C=O) groups excluding carboxylic acids is 1. The summed E-state index contributed by atoms with van der Waals surface area (Å²) in [6.45, 7) is 7.31. The molecular weight excluding hydrogens is 531 g/mol. The van der Waals surface area contributed by atoms with Crippen LogP contribution in [0.1, 0.15) is 44.7 Å². The summed E-state index contributed by atoms with van der Waals surface area (Å²) >= 11 is 0. The van der Waals surface area contributed by atoms with E-state index in [0.717, 1.165) is 29.7 Å². The monoisotopic (exact) mass is 566 g/mol. The lowest BCUT2D eigenvalue weighted by Gasteiger charge is -2.23. The van der Waals surface area contributed by atoms with Crippen LogP contribution in [0.15, 0.2) is 53.5 Å². The van der Waals surface area contributed by atoms with Gasteiger partial charge in [0, 0.05) is 31.7 Å². The Labute approximate surface area is 213 Å².